The van der Waals surface area contributed by atoms with E-state index in [1.165, 1.54) is 18.4 Å². The SMILES string of the molecule is CC[C@@H](Oc1cc(Nc2cc(OCc3ccc(OC)cc3)ccc2N)sc1C(=O)OC)c1ccccc1Cl. The van der Waals surface area contributed by atoms with Crippen LogP contribution in [0.15, 0.2) is 72.8 Å². The molecule has 0 radical (unpaired) electrons. The molecule has 0 aliphatic heterocycles. The molecule has 7 nitrogen and oxygen atoms in total. The van der Waals surface area contributed by atoms with Crippen molar-refractivity contribution in [2.45, 2.75) is 26.1 Å². The predicted octanol–water partition coefficient (Wildman–Crippen LogP) is 7.63. The van der Waals surface area contributed by atoms with Gasteiger partial charge in [-0.15, -0.1) is 11.3 Å². The second kappa shape index (κ2) is 12.6. The molecule has 0 fully saturated rings. The van der Waals surface area contributed by atoms with Crippen molar-refractivity contribution in [1.82, 2.24) is 0 Å². The molecule has 0 aliphatic carbocycles. The summed E-state index contributed by atoms with van der Waals surface area (Å²) < 4.78 is 22.4. The number of nitrogens with two attached hydrogens (primary N) is 1. The van der Waals surface area contributed by atoms with Crippen LogP contribution in [0.5, 0.6) is 17.2 Å². The van der Waals surface area contributed by atoms with Crippen LogP contribution in [0, 0.1) is 0 Å². The second-order valence-corrected chi connectivity index (χ2v) is 9.80. The highest BCUT2D eigenvalue weighted by atomic mass is 35.5. The van der Waals surface area contributed by atoms with E-state index in [1.807, 2.05) is 67.6 Å². The van der Waals surface area contributed by atoms with Crippen LogP contribution >= 0.6 is 22.9 Å². The van der Waals surface area contributed by atoms with Gasteiger partial charge in [0.2, 0.25) is 0 Å². The summed E-state index contributed by atoms with van der Waals surface area (Å²) in [4.78, 5) is 12.9. The molecule has 4 aromatic rings. The van der Waals surface area contributed by atoms with Gasteiger partial charge in [0.05, 0.1) is 30.6 Å². The van der Waals surface area contributed by atoms with Crippen LogP contribution in [0.25, 0.3) is 0 Å². The summed E-state index contributed by atoms with van der Waals surface area (Å²) in [5, 5.41) is 4.56. The Kier molecular flexibility index (Phi) is 8.99. The van der Waals surface area contributed by atoms with Crippen LogP contribution in [-0.4, -0.2) is 20.2 Å². The number of carbonyl (C=O) groups is 1. The largest absolute Gasteiger partial charge is 0.497 e. The standard InChI is InChI=1S/C29H29ClN2O5S/c1-4-25(21-7-5-6-8-22(21)30)37-26-16-27(38-28(26)29(33)35-3)32-24-15-20(13-14-23(24)31)36-17-18-9-11-19(34-2)12-10-18/h5-16,25,32H,4,17,31H2,1-3H3/t25-/m1/s1. The number of esters is 1. The number of ether oxygens (including phenoxy) is 4. The smallest absolute Gasteiger partial charge is 0.351 e. The van der Waals surface area contributed by atoms with Gasteiger partial charge in [-0.25, -0.2) is 4.79 Å². The van der Waals surface area contributed by atoms with Crippen LogP contribution in [0.1, 0.15) is 40.2 Å². The van der Waals surface area contributed by atoms with Gasteiger partial charge >= 0.3 is 5.97 Å². The zero-order chi connectivity index (χ0) is 27.1. The Morgan fingerprint density at radius 3 is 2.45 bits per heavy atom. The molecule has 0 aliphatic rings. The number of nitrogens with one attached hydrogen (secondary N) is 1. The van der Waals surface area contributed by atoms with Crippen molar-refractivity contribution < 1.29 is 23.7 Å². The third-order valence-corrected chi connectivity index (χ3v) is 7.16. The molecule has 0 saturated heterocycles. The number of methoxy groups -OCH3 is 2. The first-order chi connectivity index (χ1) is 18.4. The van der Waals surface area contributed by atoms with E-state index in [0.29, 0.717) is 50.8 Å². The molecule has 9 heteroatoms. The number of hydrogen-bond acceptors (Lipinski definition) is 8. The third-order valence-electron chi connectivity index (χ3n) is 5.81. The summed E-state index contributed by atoms with van der Waals surface area (Å²) in [6, 6.07) is 22.3. The maximum atomic E-state index is 12.6. The number of halogens is 1. The molecular formula is C29H29ClN2O5S. The van der Waals surface area contributed by atoms with Crippen molar-refractivity contribution in [2.75, 3.05) is 25.3 Å². The number of rotatable bonds is 11. The highest BCUT2D eigenvalue weighted by Crippen LogP contribution is 2.40. The minimum atomic E-state index is -0.489. The minimum absolute atomic E-state index is 0.339. The summed E-state index contributed by atoms with van der Waals surface area (Å²) >= 11 is 7.62. The summed E-state index contributed by atoms with van der Waals surface area (Å²) in [5.41, 5.74) is 9.25. The molecule has 1 atom stereocenters. The van der Waals surface area contributed by atoms with E-state index in [4.69, 9.17) is 36.3 Å². The normalized spacial score (nSPS) is 11.5. The van der Waals surface area contributed by atoms with Gasteiger partial charge in [-0.2, -0.15) is 0 Å². The van der Waals surface area contributed by atoms with Gasteiger partial charge in [-0.1, -0.05) is 48.9 Å². The van der Waals surface area contributed by atoms with E-state index in [9.17, 15) is 4.79 Å². The van der Waals surface area contributed by atoms with Crippen molar-refractivity contribution in [1.29, 1.82) is 0 Å². The Hall–Kier alpha value is -3.88. The average molecular weight is 553 g/mol. The first-order valence-electron chi connectivity index (χ1n) is 12.0. The van der Waals surface area contributed by atoms with Crippen LogP contribution < -0.4 is 25.3 Å². The van der Waals surface area contributed by atoms with Gasteiger partial charge in [0.1, 0.15) is 30.0 Å². The van der Waals surface area contributed by atoms with Crippen LogP contribution in [0.2, 0.25) is 5.02 Å². The third kappa shape index (κ3) is 6.51. The highest BCUT2D eigenvalue weighted by molar-refractivity contribution is 7.18. The van der Waals surface area contributed by atoms with E-state index in [0.717, 1.165) is 16.9 Å². The lowest BCUT2D eigenvalue weighted by atomic mass is 10.1. The first kappa shape index (κ1) is 27.2. The Labute approximate surface area is 231 Å². The number of anilines is 3. The molecule has 1 aromatic heterocycles. The van der Waals surface area contributed by atoms with Gasteiger partial charge in [0.15, 0.2) is 4.88 Å². The van der Waals surface area contributed by atoms with Gasteiger partial charge in [-0.3, -0.25) is 0 Å². The number of nitrogen functional groups attached to an aromatic ring is 1. The molecule has 0 saturated carbocycles. The minimum Gasteiger partial charge on any atom is -0.497 e. The lowest BCUT2D eigenvalue weighted by Crippen LogP contribution is -2.09. The molecule has 0 bridgehead atoms. The fraction of sp³-hybridized carbons (Fsp3) is 0.207. The molecule has 0 unspecified atom stereocenters. The fourth-order valence-corrected chi connectivity index (χ4v) is 4.95. The number of hydrogen-bond donors (Lipinski definition) is 2. The second-order valence-electron chi connectivity index (χ2n) is 8.34. The summed E-state index contributed by atoms with van der Waals surface area (Å²) in [7, 11) is 2.97. The Balaban J connectivity index is 1.54. The van der Waals surface area contributed by atoms with E-state index < -0.39 is 5.97 Å². The van der Waals surface area contributed by atoms with Gasteiger partial charge in [0.25, 0.3) is 0 Å². The average Bonchev–Trinajstić information content (AvgIpc) is 3.34. The fourth-order valence-electron chi connectivity index (χ4n) is 3.77. The topological polar surface area (TPSA) is 92.0 Å². The van der Waals surface area contributed by atoms with E-state index in [2.05, 4.69) is 5.32 Å². The summed E-state index contributed by atoms with van der Waals surface area (Å²) in [6.45, 7) is 2.38. The zero-order valence-corrected chi connectivity index (χ0v) is 22.9. The highest BCUT2D eigenvalue weighted by Gasteiger charge is 2.23. The number of thiophene rings is 1. The molecule has 3 aromatic carbocycles. The molecular weight excluding hydrogens is 524 g/mol. The number of benzene rings is 3. The van der Waals surface area contributed by atoms with E-state index in [1.54, 1.807) is 19.2 Å². The first-order valence-corrected chi connectivity index (χ1v) is 13.2. The van der Waals surface area contributed by atoms with Gasteiger partial charge in [-0.05, 0) is 42.3 Å². The monoisotopic (exact) mass is 552 g/mol. The molecule has 0 amide bonds. The van der Waals surface area contributed by atoms with Crippen LogP contribution in [-0.2, 0) is 11.3 Å². The zero-order valence-electron chi connectivity index (χ0n) is 21.3. The van der Waals surface area contributed by atoms with Crippen molar-refractivity contribution in [3.63, 3.8) is 0 Å². The van der Waals surface area contributed by atoms with E-state index in [-0.39, 0.29) is 6.10 Å². The molecule has 198 valence electrons. The molecule has 38 heavy (non-hydrogen) atoms. The van der Waals surface area contributed by atoms with Crippen molar-refractivity contribution >= 4 is 45.3 Å². The predicted molar refractivity (Wildman–Crippen MR) is 152 cm³/mol. The molecule has 1 heterocycles. The van der Waals surface area contributed by atoms with Gasteiger partial charge < -0.3 is 30.0 Å². The summed E-state index contributed by atoms with van der Waals surface area (Å²) in [6.07, 6.45) is 0.318. The molecule has 4 rings (SSSR count). The van der Waals surface area contributed by atoms with Crippen LogP contribution in [0.4, 0.5) is 16.4 Å². The summed E-state index contributed by atoms with van der Waals surface area (Å²) in [5.74, 6) is 1.34. The van der Waals surface area contributed by atoms with Gasteiger partial charge in [0, 0.05) is 22.7 Å². The quantitative estimate of drug-likeness (QED) is 0.146. The Morgan fingerprint density at radius 2 is 1.76 bits per heavy atom. The maximum absolute atomic E-state index is 12.6. The van der Waals surface area contributed by atoms with Crippen molar-refractivity contribution in [3.05, 3.63) is 93.8 Å². The molecule has 3 N–H and O–H groups in total. The Bertz CT molecular complexity index is 1390. The van der Waals surface area contributed by atoms with Crippen LogP contribution in [0.3, 0.4) is 0 Å². The number of carbonyl (C=O) groups excluding carboxylic acids is 1. The van der Waals surface area contributed by atoms with Crippen molar-refractivity contribution in [2.24, 2.45) is 0 Å². The lowest BCUT2D eigenvalue weighted by Gasteiger charge is -2.19. The van der Waals surface area contributed by atoms with Crippen molar-refractivity contribution in [3.8, 4) is 17.2 Å². The van der Waals surface area contributed by atoms with E-state index >= 15 is 0 Å². The lowest BCUT2D eigenvalue weighted by molar-refractivity contribution is 0.0599. The maximum Gasteiger partial charge on any atom is 0.351 e. The molecule has 0 spiro atoms. The Morgan fingerprint density at radius 1 is 1.03 bits per heavy atom.